The van der Waals surface area contributed by atoms with Crippen LogP contribution in [0.5, 0.6) is 0 Å². The number of rotatable bonds is 2. The number of nitrogens with two attached hydrogens (primary N) is 1. The molecule has 0 atom stereocenters. The molecular formula is C3H8ClF2NO. The molecule has 0 bridgehead atoms. The molecule has 0 aromatic heterocycles. The topological polar surface area (TPSA) is 35.2 Å². The highest BCUT2D eigenvalue weighted by Gasteiger charge is 2.24. The zero-order valence-electron chi connectivity index (χ0n) is 4.36. The summed E-state index contributed by atoms with van der Waals surface area (Å²) in [5.74, 6) is 0. The van der Waals surface area contributed by atoms with E-state index in [4.69, 9.17) is 0 Å². The van der Waals surface area contributed by atoms with Gasteiger partial charge in [-0.3, -0.25) is 0 Å². The monoisotopic (exact) mass is 147 g/mol. The molecule has 0 aliphatic carbocycles. The maximum absolute atomic E-state index is 11.5. The number of halogens is 3. The van der Waals surface area contributed by atoms with Crippen LogP contribution in [0.3, 0.4) is 0 Å². The van der Waals surface area contributed by atoms with Gasteiger partial charge in [-0.25, -0.2) is 0 Å². The van der Waals surface area contributed by atoms with Gasteiger partial charge in [0.05, 0.1) is 6.54 Å². The summed E-state index contributed by atoms with van der Waals surface area (Å²) in [6.07, 6.45) is -3.14. The SMILES string of the molecule is COC(F)(F)CN.Cl. The highest BCUT2D eigenvalue weighted by Crippen LogP contribution is 2.09. The van der Waals surface area contributed by atoms with Gasteiger partial charge < -0.3 is 10.5 Å². The van der Waals surface area contributed by atoms with Gasteiger partial charge in [0.1, 0.15) is 0 Å². The van der Waals surface area contributed by atoms with Gasteiger partial charge in [-0.2, -0.15) is 8.78 Å². The lowest BCUT2D eigenvalue weighted by molar-refractivity contribution is -0.212. The van der Waals surface area contributed by atoms with Crippen molar-refractivity contribution in [3.8, 4) is 0 Å². The quantitative estimate of drug-likeness (QED) is 0.621. The molecule has 0 unspecified atom stereocenters. The molecule has 0 amide bonds. The molecule has 0 fully saturated rings. The number of methoxy groups -OCH3 is 1. The summed E-state index contributed by atoms with van der Waals surface area (Å²) < 4.78 is 26.7. The Bertz CT molecular complexity index is 55.2. The molecule has 0 aliphatic heterocycles. The summed E-state index contributed by atoms with van der Waals surface area (Å²) in [4.78, 5) is 0. The van der Waals surface area contributed by atoms with E-state index in [1.54, 1.807) is 0 Å². The van der Waals surface area contributed by atoms with E-state index in [9.17, 15) is 8.78 Å². The van der Waals surface area contributed by atoms with Crippen molar-refractivity contribution in [1.29, 1.82) is 0 Å². The first-order chi connectivity index (χ1) is 3.12. The van der Waals surface area contributed by atoms with Crippen LogP contribution in [0.4, 0.5) is 8.78 Å². The fourth-order valence-corrected chi connectivity index (χ4v) is 0.0833. The molecule has 52 valence electrons. The van der Waals surface area contributed by atoms with Crippen LogP contribution in [0, 0.1) is 0 Å². The second kappa shape index (κ2) is 4.00. The lowest BCUT2D eigenvalue weighted by Gasteiger charge is -2.08. The maximum Gasteiger partial charge on any atom is 0.367 e. The van der Waals surface area contributed by atoms with Crippen LogP contribution < -0.4 is 5.73 Å². The number of hydrogen-bond acceptors (Lipinski definition) is 2. The molecular weight excluding hydrogens is 139 g/mol. The smallest absolute Gasteiger partial charge is 0.323 e. The Morgan fingerprint density at radius 2 is 2.00 bits per heavy atom. The standard InChI is InChI=1S/C3H7F2NO.ClH/c1-7-3(4,5)2-6;/h2,6H2,1H3;1H. The third kappa shape index (κ3) is 4.23. The van der Waals surface area contributed by atoms with Gasteiger partial charge >= 0.3 is 6.11 Å². The molecule has 0 aliphatic rings. The van der Waals surface area contributed by atoms with E-state index in [2.05, 4.69) is 10.5 Å². The minimum Gasteiger partial charge on any atom is -0.323 e. The number of alkyl halides is 2. The normalized spacial score (nSPS) is 10.5. The first-order valence-corrected chi connectivity index (χ1v) is 1.75. The molecule has 8 heavy (non-hydrogen) atoms. The van der Waals surface area contributed by atoms with Crippen molar-refractivity contribution in [3.05, 3.63) is 0 Å². The van der Waals surface area contributed by atoms with Crippen LogP contribution in [0.2, 0.25) is 0 Å². The van der Waals surface area contributed by atoms with Crippen molar-refractivity contribution in [2.75, 3.05) is 13.7 Å². The van der Waals surface area contributed by atoms with Gasteiger partial charge in [0.2, 0.25) is 0 Å². The van der Waals surface area contributed by atoms with Crippen molar-refractivity contribution < 1.29 is 13.5 Å². The lowest BCUT2D eigenvalue weighted by Crippen LogP contribution is -2.29. The molecule has 0 aromatic rings. The first kappa shape index (κ1) is 10.9. The summed E-state index contributed by atoms with van der Waals surface area (Å²) >= 11 is 0. The van der Waals surface area contributed by atoms with Crippen LogP contribution >= 0.6 is 12.4 Å². The number of ether oxygens (including phenoxy) is 1. The minimum absolute atomic E-state index is 0. The van der Waals surface area contributed by atoms with Crippen molar-refractivity contribution in [2.24, 2.45) is 5.73 Å². The molecule has 0 radical (unpaired) electrons. The lowest BCUT2D eigenvalue weighted by atomic mass is 10.6. The fraction of sp³-hybridized carbons (Fsp3) is 1.00. The fourth-order valence-electron chi connectivity index (χ4n) is 0.0833. The zero-order chi connectivity index (χ0) is 5.91. The van der Waals surface area contributed by atoms with Crippen molar-refractivity contribution >= 4 is 12.4 Å². The molecule has 0 rings (SSSR count). The summed E-state index contributed by atoms with van der Waals surface area (Å²) in [5, 5.41) is 0. The molecule has 0 saturated carbocycles. The van der Waals surface area contributed by atoms with Crippen LogP contribution in [-0.2, 0) is 4.74 Å². The van der Waals surface area contributed by atoms with E-state index < -0.39 is 12.7 Å². The Hall–Kier alpha value is 0.0700. The van der Waals surface area contributed by atoms with Crippen LogP contribution in [0.15, 0.2) is 0 Å². The predicted molar refractivity (Wildman–Crippen MR) is 28.3 cm³/mol. The van der Waals surface area contributed by atoms with Gasteiger partial charge in [0.25, 0.3) is 0 Å². The summed E-state index contributed by atoms with van der Waals surface area (Å²) in [6, 6.07) is 0. The van der Waals surface area contributed by atoms with Crippen molar-refractivity contribution in [2.45, 2.75) is 6.11 Å². The van der Waals surface area contributed by atoms with E-state index in [1.165, 1.54) is 0 Å². The van der Waals surface area contributed by atoms with Crippen LogP contribution in [0.25, 0.3) is 0 Å². The molecule has 0 spiro atoms. The molecule has 2 nitrogen and oxygen atoms in total. The zero-order valence-corrected chi connectivity index (χ0v) is 5.17. The largest absolute Gasteiger partial charge is 0.367 e. The Morgan fingerprint density at radius 1 is 1.62 bits per heavy atom. The Labute approximate surface area is 52.4 Å². The summed E-state index contributed by atoms with van der Waals surface area (Å²) in [7, 11) is 0.910. The van der Waals surface area contributed by atoms with Gasteiger partial charge in [-0.1, -0.05) is 0 Å². The Morgan fingerprint density at radius 3 is 2.00 bits per heavy atom. The van der Waals surface area contributed by atoms with E-state index in [-0.39, 0.29) is 12.4 Å². The second-order valence-corrected chi connectivity index (χ2v) is 1.05. The van der Waals surface area contributed by atoms with E-state index in [0.717, 1.165) is 7.11 Å². The molecule has 0 aromatic carbocycles. The summed E-state index contributed by atoms with van der Waals surface area (Å²) in [6.45, 7) is -0.760. The first-order valence-electron chi connectivity index (χ1n) is 1.75. The van der Waals surface area contributed by atoms with Crippen LogP contribution in [0.1, 0.15) is 0 Å². The van der Waals surface area contributed by atoms with Crippen LogP contribution in [-0.4, -0.2) is 19.8 Å². The van der Waals surface area contributed by atoms with E-state index >= 15 is 0 Å². The van der Waals surface area contributed by atoms with Gasteiger partial charge in [0.15, 0.2) is 0 Å². The second-order valence-electron chi connectivity index (χ2n) is 1.05. The number of hydrogen-bond donors (Lipinski definition) is 1. The Balaban J connectivity index is 0. The highest BCUT2D eigenvalue weighted by molar-refractivity contribution is 5.85. The maximum atomic E-state index is 11.5. The van der Waals surface area contributed by atoms with Gasteiger partial charge in [0, 0.05) is 7.11 Å². The van der Waals surface area contributed by atoms with E-state index in [1.807, 2.05) is 0 Å². The minimum atomic E-state index is -3.14. The molecule has 2 N–H and O–H groups in total. The van der Waals surface area contributed by atoms with E-state index in [0.29, 0.717) is 0 Å². The average Bonchev–Trinajstić information content (AvgIpc) is 1.68. The summed E-state index contributed by atoms with van der Waals surface area (Å²) in [5.41, 5.74) is 4.54. The molecule has 0 heterocycles. The Kier molecular flexibility index (Phi) is 5.47. The van der Waals surface area contributed by atoms with Gasteiger partial charge in [-0.15, -0.1) is 12.4 Å². The predicted octanol–water partition coefficient (Wildman–Crippen LogP) is 0.606. The van der Waals surface area contributed by atoms with Crippen molar-refractivity contribution in [3.63, 3.8) is 0 Å². The molecule has 5 heteroatoms. The third-order valence-electron chi connectivity index (χ3n) is 0.536. The third-order valence-corrected chi connectivity index (χ3v) is 0.536. The van der Waals surface area contributed by atoms with Gasteiger partial charge in [-0.05, 0) is 0 Å². The average molecular weight is 148 g/mol. The molecule has 0 saturated heterocycles. The van der Waals surface area contributed by atoms with Crippen molar-refractivity contribution in [1.82, 2.24) is 0 Å². The highest BCUT2D eigenvalue weighted by atomic mass is 35.5.